The summed E-state index contributed by atoms with van der Waals surface area (Å²) < 4.78 is 28.5. The quantitative estimate of drug-likeness (QED) is 0.672. The zero-order chi connectivity index (χ0) is 15.0. The van der Waals surface area contributed by atoms with Crippen molar-refractivity contribution in [1.82, 2.24) is 10.6 Å². The van der Waals surface area contributed by atoms with Gasteiger partial charge in [0.1, 0.15) is 5.75 Å². The van der Waals surface area contributed by atoms with Gasteiger partial charge in [0.25, 0.3) is 0 Å². The summed E-state index contributed by atoms with van der Waals surface area (Å²) in [5.74, 6) is 0.0480. The van der Waals surface area contributed by atoms with Crippen molar-refractivity contribution in [3.8, 4) is 5.75 Å². The van der Waals surface area contributed by atoms with E-state index in [4.69, 9.17) is 5.11 Å². The van der Waals surface area contributed by atoms with Crippen LogP contribution in [0.1, 0.15) is 24.9 Å². The molecule has 1 aromatic carbocycles. The molecule has 20 heavy (non-hydrogen) atoms. The van der Waals surface area contributed by atoms with E-state index < -0.39 is 6.61 Å². The van der Waals surface area contributed by atoms with Crippen molar-refractivity contribution < 1.29 is 23.4 Å². The minimum absolute atomic E-state index is 0.00282. The first-order chi connectivity index (χ1) is 9.52. The van der Waals surface area contributed by atoms with Gasteiger partial charge >= 0.3 is 12.6 Å². The van der Waals surface area contributed by atoms with Crippen molar-refractivity contribution >= 4 is 6.03 Å². The molecule has 1 rings (SSSR count). The fourth-order valence-electron chi connectivity index (χ4n) is 1.57. The average Bonchev–Trinajstić information content (AvgIpc) is 2.38. The number of hydrogen-bond donors (Lipinski definition) is 3. The number of carbonyl (C=O) groups is 1. The monoisotopic (exact) mass is 288 g/mol. The molecule has 0 radical (unpaired) electrons. The lowest BCUT2D eigenvalue weighted by Crippen LogP contribution is -2.37. The molecule has 0 saturated carbocycles. The van der Waals surface area contributed by atoms with Crippen molar-refractivity contribution in [3.63, 3.8) is 0 Å². The van der Waals surface area contributed by atoms with Crippen LogP contribution in [0.5, 0.6) is 5.75 Å². The minimum atomic E-state index is -2.88. The largest absolute Gasteiger partial charge is 0.435 e. The molecule has 0 bridgehead atoms. The standard InChI is InChI=1S/C13H18F2N2O3/c1-9(17-13(19)16-6-3-7-18)10-4-2-5-11(8-10)20-12(14)15/h2,4-5,8-9,12,18H,3,6-7H2,1H3,(H2,16,17,19). The van der Waals surface area contributed by atoms with Crippen LogP contribution in [0.2, 0.25) is 0 Å². The summed E-state index contributed by atoms with van der Waals surface area (Å²) in [6.07, 6.45) is 0.472. The van der Waals surface area contributed by atoms with E-state index >= 15 is 0 Å². The van der Waals surface area contributed by atoms with E-state index in [0.29, 0.717) is 18.5 Å². The highest BCUT2D eigenvalue weighted by atomic mass is 19.3. The smallest absolute Gasteiger partial charge is 0.387 e. The van der Waals surface area contributed by atoms with Gasteiger partial charge in [-0.15, -0.1) is 0 Å². The first-order valence-corrected chi connectivity index (χ1v) is 6.23. The molecule has 0 fully saturated rings. The highest BCUT2D eigenvalue weighted by Gasteiger charge is 2.11. The third-order valence-corrected chi connectivity index (χ3v) is 2.55. The number of halogens is 2. The number of aliphatic hydroxyl groups excluding tert-OH is 1. The zero-order valence-electron chi connectivity index (χ0n) is 11.1. The number of urea groups is 1. The Bertz CT molecular complexity index is 430. The number of alkyl halides is 2. The van der Waals surface area contributed by atoms with Crippen LogP contribution in [0.25, 0.3) is 0 Å². The Kier molecular flexibility index (Phi) is 6.72. The molecular weight excluding hydrogens is 270 g/mol. The van der Waals surface area contributed by atoms with Crippen LogP contribution in [-0.2, 0) is 0 Å². The lowest BCUT2D eigenvalue weighted by Gasteiger charge is -2.16. The summed E-state index contributed by atoms with van der Waals surface area (Å²) in [5.41, 5.74) is 0.653. The lowest BCUT2D eigenvalue weighted by molar-refractivity contribution is -0.0499. The highest BCUT2D eigenvalue weighted by Crippen LogP contribution is 2.20. The van der Waals surface area contributed by atoms with E-state index in [-0.39, 0.29) is 24.4 Å². The number of ether oxygens (including phenoxy) is 1. The second-order valence-corrected chi connectivity index (χ2v) is 4.15. The Balaban J connectivity index is 2.54. The summed E-state index contributed by atoms with van der Waals surface area (Å²) in [6.45, 7) is -0.783. The summed E-state index contributed by atoms with van der Waals surface area (Å²) in [5, 5.41) is 13.8. The summed E-state index contributed by atoms with van der Waals surface area (Å²) in [7, 11) is 0. The first-order valence-electron chi connectivity index (χ1n) is 6.23. The molecule has 0 aliphatic heterocycles. The predicted molar refractivity (Wildman–Crippen MR) is 69.7 cm³/mol. The Morgan fingerprint density at radius 1 is 1.45 bits per heavy atom. The van der Waals surface area contributed by atoms with Crippen molar-refractivity contribution in [3.05, 3.63) is 29.8 Å². The van der Waals surface area contributed by atoms with Crippen LogP contribution in [-0.4, -0.2) is 30.9 Å². The Hall–Kier alpha value is -1.89. The molecule has 0 aliphatic carbocycles. The maximum atomic E-state index is 12.1. The maximum Gasteiger partial charge on any atom is 0.387 e. The number of nitrogens with one attached hydrogen (secondary N) is 2. The first kappa shape index (κ1) is 16.2. The van der Waals surface area contributed by atoms with E-state index in [1.165, 1.54) is 12.1 Å². The Morgan fingerprint density at radius 2 is 2.20 bits per heavy atom. The molecule has 0 spiro atoms. The van der Waals surface area contributed by atoms with Gasteiger partial charge in [0, 0.05) is 13.2 Å². The molecule has 5 nitrogen and oxygen atoms in total. The Labute approximate surface area is 115 Å². The molecule has 7 heteroatoms. The fourth-order valence-corrected chi connectivity index (χ4v) is 1.57. The fraction of sp³-hybridized carbons (Fsp3) is 0.462. The van der Waals surface area contributed by atoms with Crippen molar-refractivity contribution in [2.24, 2.45) is 0 Å². The molecule has 0 heterocycles. The van der Waals surface area contributed by atoms with Gasteiger partial charge in [-0.3, -0.25) is 0 Å². The van der Waals surface area contributed by atoms with Crippen LogP contribution in [0.3, 0.4) is 0 Å². The van der Waals surface area contributed by atoms with E-state index in [2.05, 4.69) is 15.4 Å². The van der Waals surface area contributed by atoms with E-state index in [0.717, 1.165) is 0 Å². The van der Waals surface area contributed by atoms with Gasteiger partial charge in [0.2, 0.25) is 0 Å². The minimum Gasteiger partial charge on any atom is -0.435 e. The van der Waals surface area contributed by atoms with Gasteiger partial charge < -0.3 is 20.5 Å². The van der Waals surface area contributed by atoms with Crippen LogP contribution in [0.4, 0.5) is 13.6 Å². The Morgan fingerprint density at radius 3 is 2.85 bits per heavy atom. The number of amides is 2. The number of hydrogen-bond acceptors (Lipinski definition) is 3. The molecule has 3 N–H and O–H groups in total. The van der Waals surface area contributed by atoms with Crippen LogP contribution in [0, 0.1) is 0 Å². The van der Waals surface area contributed by atoms with Crippen LogP contribution >= 0.6 is 0 Å². The second-order valence-electron chi connectivity index (χ2n) is 4.15. The summed E-state index contributed by atoms with van der Waals surface area (Å²) in [6, 6.07) is 5.41. The van der Waals surface area contributed by atoms with Crippen LogP contribution in [0.15, 0.2) is 24.3 Å². The normalized spacial score (nSPS) is 12.1. The number of aliphatic hydroxyl groups is 1. The van der Waals surface area contributed by atoms with Gasteiger partial charge in [-0.25, -0.2) is 4.79 Å². The lowest BCUT2D eigenvalue weighted by atomic mass is 10.1. The summed E-state index contributed by atoms with van der Waals surface area (Å²) in [4.78, 5) is 11.5. The molecule has 0 aromatic heterocycles. The zero-order valence-corrected chi connectivity index (χ0v) is 11.1. The van der Waals surface area contributed by atoms with E-state index in [1.54, 1.807) is 19.1 Å². The molecular formula is C13H18F2N2O3. The number of benzene rings is 1. The molecule has 112 valence electrons. The molecule has 1 atom stereocenters. The van der Waals surface area contributed by atoms with Gasteiger partial charge in [0.05, 0.1) is 6.04 Å². The molecule has 0 aliphatic rings. The molecule has 1 unspecified atom stereocenters. The van der Waals surface area contributed by atoms with Gasteiger partial charge in [-0.05, 0) is 31.0 Å². The maximum absolute atomic E-state index is 12.1. The molecule has 1 aromatic rings. The topological polar surface area (TPSA) is 70.6 Å². The third-order valence-electron chi connectivity index (χ3n) is 2.55. The number of rotatable bonds is 7. The molecule has 2 amide bonds. The van der Waals surface area contributed by atoms with Gasteiger partial charge in [0.15, 0.2) is 0 Å². The predicted octanol–water partition coefficient (Wildman–Crippen LogP) is 2.03. The SMILES string of the molecule is CC(NC(=O)NCCCO)c1cccc(OC(F)F)c1. The third kappa shape index (κ3) is 5.83. The number of carbonyl (C=O) groups excluding carboxylic acids is 1. The summed E-state index contributed by atoms with van der Waals surface area (Å²) >= 11 is 0. The molecule has 0 saturated heterocycles. The van der Waals surface area contributed by atoms with Gasteiger partial charge in [-0.2, -0.15) is 8.78 Å². The average molecular weight is 288 g/mol. The van der Waals surface area contributed by atoms with Crippen molar-refractivity contribution in [1.29, 1.82) is 0 Å². The van der Waals surface area contributed by atoms with Crippen molar-refractivity contribution in [2.75, 3.05) is 13.2 Å². The van der Waals surface area contributed by atoms with E-state index in [9.17, 15) is 13.6 Å². The van der Waals surface area contributed by atoms with Crippen molar-refractivity contribution in [2.45, 2.75) is 26.0 Å². The second kappa shape index (κ2) is 8.31. The van der Waals surface area contributed by atoms with Crippen LogP contribution < -0.4 is 15.4 Å². The highest BCUT2D eigenvalue weighted by molar-refractivity contribution is 5.74. The van der Waals surface area contributed by atoms with Gasteiger partial charge in [-0.1, -0.05) is 12.1 Å². The van der Waals surface area contributed by atoms with E-state index in [1.807, 2.05) is 0 Å².